The molecule has 2 aromatic heterocycles. The van der Waals surface area contributed by atoms with Gasteiger partial charge in [0.15, 0.2) is 0 Å². The molecule has 184 valence electrons. The zero-order valence-corrected chi connectivity index (χ0v) is 20.8. The van der Waals surface area contributed by atoms with Gasteiger partial charge < -0.3 is 9.64 Å². The van der Waals surface area contributed by atoms with Gasteiger partial charge in [-0.2, -0.15) is 0 Å². The predicted octanol–water partition coefficient (Wildman–Crippen LogP) is 3.34. The molecule has 9 heteroatoms. The third-order valence-corrected chi connectivity index (χ3v) is 8.62. The first-order valence-corrected chi connectivity index (χ1v) is 13.5. The summed E-state index contributed by atoms with van der Waals surface area (Å²) in [6, 6.07) is 10.3. The van der Waals surface area contributed by atoms with Crippen LogP contribution in [0.2, 0.25) is 0 Å². The van der Waals surface area contributed by atoms with Crippen molar-refractivity contribution in [1.82, 2.24) is 14.7 Å². The minimum atomic E-state index is -4.09. The number of nitrogens with one attached hydrogen (secondary N) is 1. The van der Waals surface area contributed by atoms with Crippen LogP contribution in [0.1, 0.15) is 43.7 Å². The summed E-state index contributed by atoms with van der Waals surface area (Å²) in [6.45, 7) is 3.61. The number of benzene rings is 1. The number of piperidine rings is 1. The van der Waals surface area contributed by atoms with Crippen molar-refractivity contribution in [2.75, 3.05) is 25.1 Å². The number of carbonyl (C=O) groups is 1. The Kier molecular flexibility index (Phi) is 6.23. The highest BCUT2D eigenvalue weighted by Crippen LogP contribution is 2.52. The molecule has 0 bridgehead atoms. The molecule has 0 spiro atoms. The van der Waals surface area contributed by atoms with Crippen LogP contribution in [0, 0.1) is 0 Å². The van der Waals surface area contributed by atoms with E-state index in [-0.39, 0.29) is 11.0 Å². The minimum absolute atomic E-state index is 0.0505. The predicted molar refractivity (Wildman–Crippen MR) is 134 cm³/mol. The van der Waals surface area contributed by atoms with Gasteiger partial charge in [-0.3, -0.25) is 9.78 Å². The number of carbonyl (C=O) groups excluding carboxylic acids is 1. The largest absolute Gasteiger partial charge is 0.381 e. The number of aromatic nitrogens is 2. The lowest BCUT2D eigenvalue weighted by Gasteiger charge is -2.34. The van der Waals surface area contributed by atoms with E-state index in [1.54, 1.807) is 37.6 Å². The van der Waals surface area contributed by atoms with Crippen molar-refractivity contribution in [3.63, 3.8) is 0 Å². The Hall–Kier alpha value is -3.04. The first-order chi connectivity index (χ1) is 16.9. The van der Waals surface area contributed by atoms with Crippen molar-refractivity contribution >= 4 is 32.7 Å². The molecular weight excluding hydrogens is 464 g/mol. The van der Waals surface area contributed by atoms with E-state index in [0.29, 0.717) is 23.7 Å². The van der Waals surface area contributed by atoms with Crippen LogP contribution in [0.25, 0.3) is 10.9 Å². The van der Waals surface area contributed by atoms with Gasteiger partial charge in [-0.1, -0.05) is 13.0 Å². The molecule has 0 unspecified atom stereocenters. The lowest BCUT2D eigenvalue weighted by molar-refractivity contribution is -0.121. The van der Waals surface area contributed by atoms with E-state index in [2.05, 4.69) is 14.6 Å². The van der Waals surface area contributed by atoms with E-state index >= 15 is 0 Å². The first kappa shape index (κ1) is 23.7. The Balaban J connectivity index is 1.47. The summed E-state index contributed by atoms with van der Waals surface area (Å²) in [7, 11) is -2.36. The van der Waals surface area contributed by atoms with Gasteiger partial charge in [0.25, 0.3) is 10.0 Å². The fourth-order valence-electron chi connectivity index (χ4n) is 4.93. The SMILES string of the molecule is CCc1cnc(N2CCC(OC)CC2)c(C2(C(=O)NS(=O)(=O)c3cccc4ncccc34)CC2)c1. The Labute approximate surface area is 205 Å². The zero-order valence-electron chi connectivity index (χ0n) is 20.0. The van der Waals surface area contributed by atoms with Crippen LogP contribution in [0.15, 0.2) is 53.7 Å². The van der Waals surface area contributed by atoms with Crippen LogP contribution in [-0.2, 0) is 31.4 Å². The molecule has 35 heavy (non-hydrogen) atoms. The van der Waals surface area contributed by atoms with Gasteiger partial charge >= 0.3 is 0 Å². The molecular formula is C26H30N4O4S. The van der Waals surface area contributed by atoms with Crippen molar-refractivity contribution in [3.8, 4) is 0 Å². The highest BCUT2D eigenvalue weighted by atomic mass is 32.2. The van der Waals surface area contributed by atoms with Crippen molar-refractivity contribution in [2.45, 2.75) is 55.4 Å². The zero-order chi connectivity index (χ0) is 24.6. The highest BCUT2D eigenvalue weighted by Gasteiger charge is 2.54. The molecule has 0 atom stereocenters. The fourth-order valence-corrected chi connectivity index (χ4v) is 6.20. The van der Waals surface area contributed by atoms with E-state index in [1.165, 1.54) is 6.07 Å². The van der Waals surface area contributed by atoms with Crippen LogP contribution in [0.4, 0.5) is 5.82 Å². The second kappa shape index (κ2) is 9.20. The van der Waals surface area contributed by atoms with Crippen LogP contribution < -0.4 is 9.62 Å². The average Bonchev–Trinajstić information content (AvgIpc) is 3.70. The topological polar surface area (TPSA) is 101 Å². The number of sulfonamides is 1. The number of nitrogens with zero attached hydrogens (tertiary/aromatic N) is 3. The molecule has 2 fully saturated rings. The lowest BCUT2D eigenvalue weighted by Crippen LogP contribution is -2.42. The molecule has 8 nitrogen and oxygen atoms in total. The van der Waals surface area contributed by atoms with Crippen LogP contribution in [0.3, 0.4) is 0 Å². The summed E-state index contributed by atoms with van der Waals surface area (Å²) in [6.07, 6.45) is 7.42. The molecule has 1 saturated heterocycles. The number of rotatable bonds is 7. The van der Waals surface area contributed by atoms with E-state index in [1.807, 2.05) is 19.2 Å². The number of aryl methyl sites for hydroxylation is 1. The Morgan fingerprint density at radius 3 is 2.63 bits per heavy atom. The fraction of sp³-hybridized carbons (Fsp3) is 0.423. The Morgan fingerprint density at radius 2 is 1.94 bits per heavy atom. The summed E-state index contributed by atoms with van der Waals surface area (Å²) < 4.78 is 34.6. The lowest BCUT2D eigenvalue weighted by atomic mass is 9.93. The van der Waals surface area contributed by atoms with Gasteiger partial charge in [0, 0.05) is 43.5 Å². The number of fused-ring (bicyclic) bond motifs is 1. The smallest absolute Gasteiger partial charge is 0.264 e. The Morgan fingerprint density at radius 1 is 1.17 bits per heavy atom. The number of amides is 1. The molecule has 2 aliphatic rings. The maximum atomic E-state index is 13.6. The summed E-state index contributed by atoms with van der Waals surface area (Å²) in [5.74, 6) is 0.276. The normalized spacial score (nSPS) is 17.9. The number of ether oxygens (including phenoxy) is 1. The third-order valence-electron chi connectivity index (χ3n) is 7.23. The van der Waals surface area contributed by atoms with Gasteiger partial charge in [-0.15, -0.1) is 0 Å². The molecule has 3 aromatic rings. The van der Waals surface area contributed by atoms with Crippen LogP contribution in [0.5, 0.6) is 0 Å². The first-order valence-electron chi connectivity index (χ1n) is 12.1. The van der Waals surface area contributed by atoms with Crippen molar-refractivity contribution in [1.29, 1.82) is 0 Å². The number of hydrogen-bond acceptors (Lipinski definition) is 7. The number of methoxy groups -OCH3 is 1. The van der Waals surface area contributed by atoms with E-state index < -0.39 is 21.3 Å². The summed E-state index contributed by atoms with van der Waals surface area (Å²) in [5.41, 5.74) is 1.50. The molecule has 3 heterocycles. The number of anilines is 1. The Bertz CT molecular complexity index is 1360. The van der Waals surface area contributed by atoms with Crippen LogP contribution >= 0.6 is 0 Å². The van der Waals surface area contributed by atoms with Gasteiger partial charge in [0.05, 0.1) is 21.9 Å². The van der Waals surface area contributed by atoms with Gasteiger partial charge in [-0.25, -0.2) is 18.1 Å². The molecule has 1 aliphatic heterocycles. The number of hydrogen-bond donors (Lipinski definition) is 1. The van der Waals surface area contributed by atoms with E-state index in [0.717, 1.165) is 49.3 Å². The monoisotopic (exact) mass is 494 g/mol. The summed E-state index contributed by atoms with van der Waals surface area (Å²) in [4.78, 5) is 24.9. The maximum absolute atomic E-state index is 13.6. The van der Waals surface area contributed by atoms with E-state index in [9.17, 15) is 13.2 Å². The quantitative estimate of drug-likeness (QED) is 0.537. The minimum Gasteiger partial charge on any atom is -0.381 e. The highest BCUT2D eigenvalue weighted by molar-refractivity contribution is 7.90. The van der Waals surface area contributed by atoms with E-state index in [4.69, 9.17) is 9.72 Å². The summed E-state index contributed by atoms with van der Waals surface area (Å²) in [5, 5.41) is 0.483. The molecule has 1 saturated carbocycles. The van der Waals surface area contributed by atoms with Crippen molar-refractivity contribution in [3.05, 3.63) is 59.9 Å². The second-order valence-electron chi connectivity index (χ2n) is 9.33. The second-order valence-corrected chi connectivity index (χ2v) is 11.0. The van der Waals surface area contributed by atoms with Gasteiger partial charge in [0.1, 0.15) is 5.82 Å². The molecule has 1 N–H and O–H groups in total. The molecule has 1 aromatic carbocycles. The standard InChI is InChI=1S/C26H30N4O4S/c1-3-18-16-21(24(28-17-18)30-14-9-19(34-2)10-15-30)26(11-12-26)25(31)29-35(32,33)23-8-4-7-22-20(23)6-5-13-27-22/h4-8,13,16-17,19H,3,9-12,14-15H2,1-2H3,(H,29,31). The molecule has 0 radical (unpaired) electrons. The number of pyridine rings is 2. The molecule has 1 amide bonds. The summed E-state index contributed by atoms with van der Waals surface area (Å²) >= 11 is 0. The van der Waals surface area contributed by atoms with Crippen molar-refractivity contribution in [2.24, 2.45) is 0 Å². The van der Waals surface area contributed by atoms with Crippen LogP contribution in [-0.4, -0.2) is 50.6 Å². The van der Waals surface area contributed by atoms with Gasteiger partial charge in [0.2, 0.25) is 5.91 Å². The molecule has 5 rings (SSSR count). The van der Waals surface area contributed by atoms with Crippen molar-refractivity contribution < 1.29 is 17.9 Å². The third kappa shape index (κ3) is 4.38. The molecule has 1 aliphatic carbocycles. The average molecular weight is 495 g/mol. The van der Waals surface area contributed by atoms with Gasteiger partial charge in [-0.05, 0) is 68.0 Å². The maximum Gasteiger partial charge on any atom is 0.264 e.